The van der Waals surface area contributed by atoms with Gasteiger partial charge in [0.25, 0.3) is 0 Å². The predicted molar refractivity (Wildman–Crippen MR) is 213 cm³/mol. The first-order valence-corrected chi connectivity index (χ1v) is 18.0. The van der Waals surface area contributed by atoms with Crippen LogP contribution in [0.15, 0.2) is 127 Å². The van der Waals surface area contributed by atoms with Gasteiger partial charge in [-0.2, -0.15) is 0 Å². The van der Waals surface area contributed by atoms with Crippen LogP contribution in [-0.2, 0) is 16.4 Å². The van der Waals surface area contributed by atoms with Gasteiger partial charge in [-0.1, -0.05) is 137 Å². The molecule has 52 heavy (non-hydrogen) atoms. The summed E-state index contributed by atoms with van der Waals surface area (Å²) in [5.41, 5.74) is 12.6. The monoisotopic (exact) mass is 671 g/mol. The molecule has 0 bridgehead atoms. The topological polar surface area (TPSA) is 22.8 Å². The molecule has 1 aliphatic heterocycles. The molecule has 7 aromatic rings. The maximum atomic E-state index is 7.74. The second kappa shape index (κ2) is 10.5. The standard InChI is InChI=1S/C49H37NO2/c1-47(2)40-24-15-29-11-7-8-12-34(29)43(40)37-22-18-31(27-41(37)47)49(30-16-20-33(51-6)21-17-30)26-25-39-45-44(35-13-9-10-14-36(35)46(39)52-49)38-23-19-32(50-5)28-42(38)48(45,3)4/h7-28H,1-4,6H3. The minimum absolute atomic E-state index is 0.199. The van der Waals surface area contributed by atoms with Crippen LogP contribution in [0, 0.1) is 6.57 Å². The molecule has 0 aromatic heterocycles. The third-order valence-electron chi connectivity index (χ3n) is 12.2. The highest BCUT2D eigenvalue weighted by atomic mass is 16.5. The summed E-state index contributed by atoms with van der Waals surface area (Å²) in [6, 6.07) is 43.4. The van der Waals surface area contributed by atoms with Crippen LogP contribution >= 0.6 is 0 Å². The molecule has 0 amide bonds. The van der Waals surface area contributed by atoms with Gasteiger partial charge in [0.05, 0.1) is 13.7 Å². The maximum absolute atomic E-state index is 7.74. The van der Waals surface area contributed by atoms with Crippen LogP contribution in [-0.4, -0.2) is 7.11 Å². The summed E-state index contributed by atoms with van der Waals surface area (Å²) in [4.78, 5) is 3.79. The molecule has 10 rings (SSSR count). The van der Waals surface area contributed by atoms with E-state index in [0.717, 1.165) is 39.0 Å². The molecule has 1 unspecified atom stereocenters. The second-order valence-corrected chi connectivity index (χ2v) is 15.5. The lowest BCUT2D eigenvalue weighted by atomic mass is 9.76. The normalized spacial score (nSPS) is 18.2. The Bertz CT molecular complexity index is 2760. The van der Waals surface area contributed by atoms with Gasteiger partial charge in [-0.25, -0.2) is 4.85 Å². The zero-order valence-electron chi connectivity index (χ0n) is 30.0. The lowest BCUT2D eigenvalue weighted by Gasteiger charge is -2.39. The summed E-state index contributed by atoms with van der Waals surface area (Å²) in [7, 11) is 1.70. The van der Waals surface area contributed by atoms with Crippen molar-refractivity contribution in [1.82, 2.24) is 0 Å². The molecule has 3 heteroatoms. The fourth-order valence-electron chi connectivity index (χ4n) is 9.55. The Morgan fingerprint density at radius 1 is 0.615 bits per heavy atom. The Balaban J connectivity index is 1.23. The van der Waals surface area contributed by atoms with Crippen molar-refractivity contribution in [2.45, 2.75) is 44.1 Å². The van der Waals surface area contributed by atoms with E-state index in [0.29, 0.717) is 5.69 Å². The van der Waals surface area contributed by atoms with Crippen molar-refractivity contribution >= 4 is 33.3 Å². The van der Waals surface area contributed by atoms with E-state index in [2.05, 4.69) is 148 Å². The van der Waals surface area contributed by atoms with Crippen LogP contribution in [0.3, 0.4) is 0 Å². The van der Waals surface area contributed by atoms with Crippen LogP contribution < -0.4 is 9.47 Å². The highest BCUT2D eigenvalue weighted by Gasteiger charge is 2.45. The summed E-state index contributed by atoms with van der Waals surface area (Å²) in [6.45, 7) is 17.0. The Labute approximate surface area is 304 Å². The smallest absolute Gasteiger partial charge is 0.187 e. The number of ether oxygens (including phenoxy) is 2. The summed E-state index contributed by atoms with van der Waals surface area (Å²) >= 11 is 0. The fraction of sp³-hybridized carbons (Fsp3) is 0.163. The van der Waals surface area contributed by atoms with E-state index < -0.39 is 5.60 Å². The molecule has 0 saturated heterocycles. The van der Waals surface area contributed by atoms with Crippen LogP contribution in [0.5, 0.6) is 11.5 Å². The number of hydrogen-bond acceptors (Lipinski definition) is 2. The van der Waals surface area contributed by atoms with Gasteiger partial charge < -0.3 is 9.47 Å². The molecule has 0 spiro atoms. The molecule has 7 aromatic carbocycles. The third kappa shape index (κ3) is 3.90. The van der Waals surface area contributed by atoms with Crippen LogP contribution in [0.1, 0.15) is 66.6 Å². The number of nitrogens with zero attached hydrogens (tertiary/aromatic N) is 1. The van der Waals surface area contributed by atoms with Crippen molar-refractivity contribution < 1.29 is 9.47 Å². The lowest BCUT2D eigenvalue weighted by molar-refractivity contribution is 0.163. The predicted octanol–water partition coefficient (Wildman–Crippen LogP) is 12.5. The van der Waals surface area contributed by atoms with Crippen LogP contribution in [0.2, 0.25) is 0 Å². The minimum atomic E-state index is -0.912. The number of hydrogen-bond donors (Lipinski definition) is 0. The zero-order valence-corrected chi connectivity index (χ0v) is 30.0. The highest BCUT2D eigenvalue weighted by molar-refractivity contribution is 6.09. The molecule has 0 N–H and O–H groups in total. The zero-order chi connectivity index (χ0) is 35.6. The molecule has 250 valence electrons. The molecule has 1 atom stereocenters. The summed E-state index contributed by atoms with van der Waals surface area (Å²) in [6.07, 6.45) is 4.57. The number of rotatable bonds is 3. The molecular formula is C49H37NO2. The Kier molecular flexibility index (Phi) is 6.18. The SMILES string of the molecule is [C-]#[N+]c1ccc2c(c1)C(C)(C)c1c3c(c4ccccc4c1-2)OC(c1ccc(OC)cc1)(c1ccc2c(c1)C(C)(C)c1ccc4ccccc4c1-2)C=C3. The fourth-order valence-corrected chi connectivity index (χ4v) is 9.55. The van der Waals surface area contributed by atoms with Crippen molar-refractivity contribution in [1.29, 1.82) is 0 Å². The highest BCUT2D eigenvalue weighted by Crippen LogP contribution is 2.59. The largest absolute Gasteiger partial charge is 0.497 e. The molecule has 2 aliphatic carbocycles. The van der Waals surface area contributed by atoms with Crippen LogP contribution in [0.4, 0.5) is 5.69 Å². The minimum Gasteiger partial charge on any atom is -0.497 e. The average Bonchev–Trinajstić information content (AvgIpc) is 3.57. The molecule has 0 fully saturated rings. The van der Waals surface area contributed by atoms with Crippen molar-refractivity contribution in [2.24, 2.45) is 0 Å². The first-order valence-electron chi connectivity index (χ1n) is 18.0. The summed E-state index contributed by atoms with van der Waals surface area (Å²) in [5.74, 6) is 1.69. The van der Waals surface area contributed by atoms with Crippen molar-refractivity contribution in [3.63, 3.8) is 0 Å². The van der Waals surface area contributed by atoms with E-state index in [-0.39, 0.29) is 10.8 Å². The lowest BCUT2D eigenvalue weighted by Crippen LogP contribution is -2.35. The maximum Gasteiger partial charge on any atom is 0.187 e. The number of methoxy groups -OCH3 is 1. The van der Waals surface area contributed by atoms with Gasteiger partial charge in [0.1, 0.15) is 11.5 Å². The molecule has 1 heterocycles. The van der Waals surface area contributed by atoms with E-state index in [9.17, 15) is 0 Å². The Morgan fingerprint density at radius 3 is 2.06 bits per heavy atom. The van der Waals surface area contributed by atoms with Gasteiger partial charge in [-0.15, -0.1) is 0 Å². The second-order valence-electron chi connectivity index (χ2n) is 15.5. The first kappa shape index (κ1) is 30.7. The van der Waals surface area contributed by atoms with Crippen molar-refractivity contribution in [2.75, 3.05) is 7.11 Å². The first-order chi connectivity index (χ1) is 25.2. The molecule has 3 nitrogen and oxygen atoms in total. The average molecular weight is 672 g/mol. The quantitative estimate of drug-likeness (QED) is 0.175. The summed E-state index contributed by atoms with van der Waals surface area (Å²) < 4.78 is 13.3. The van der Waals surface area contributed by atoms with E-state index in [1.807, 2.05) is 18.2 Å². The van der Waals surface area contributed by atoms with Crippen molar-refractivity contribution in [3.8, 4) is 33.8 Å². The molecule has 0 saturated carbocycles. The molecule has 0 radical (unpaired) electrons. The molecular weight excluding hydrogens is 635 g/mol. The van der Waals surface area contributed by atoms with E-state index >= 15 is 0 Å². The van der Waals surface area contributed by atoms with Gasteiger partial charge in [0.2, 0.25) is 0 Å². The Morgan fingerprint density at radius 2 is 1.29 bits per heavy atom. The summed E-state index contributed by atoms with van der Waals surface area (Å²) in [5, 5.41) is 4.79. The van der Waals surface area contributed by atoms with Crippen LogP contribution in [0.25, 0.3) is 54.7 Å². The van der Waals surface area contributed by atoms with Gasteiger partial charge in [0.15, 0.2) is 11.3 Å². The van der Waals surface area contributed by atoms with Crippen molar-refractivity contribution in [3.05, 3.63) is 178 Å². The van der Waals surface area contributed by atoms with Gasteiger partial charge in [0, 0.05) is 32.9 Å². The van der Waals surface area contributed by atoms with E-state index in [4.69, 9.17) is 16.0 Å². The van der Waals surface area contributed by atoms with Gasteiger partial charge in [-0.05, 0) is 84.9 Å². The van der Waals surface area contributed by atoms with Gasteiger partial charge >= 0.3 is 0 Å². The van der Waals surface area contributed by atoms with E-state index in [1.54, 1.807) is 7.11 Å². The molecule has 3 aliphatic rings. The Hall–Kier alpha value is -6.11. The third-order valence-corrected chi connectivity index (χ3v) is 12.2. The van der Waals surface area contributed by atoms with Gasteiger partial charge in [-0.3, -0.25) is 0 Å². The number of fused-ring (bicyclic) bond motifs is 13. The van der Waals surface area contributed by atoms with E-state index in [1.165, 1.54) is 55.3 Å². The number of benzene rings is 7.